The number of hydrogen-bond acceptors (Lipinski definition) is 4. The molecule has 2 aliphatic heterocycles. The molecule has 0 aromatic rings. The molecule has 76 valence electrons. The number of fused-ring (bicyclic) bond motifs is 1. The van der Waals surface area contributed by atoms with Crippen molar-refractivity contribution in [3.05, 3.63) is 23.6 Å². The number of carbonyl (C=O) groups excluding carboxylic acids is 1. The summed E-state index contributed by atoms with van der Waals surface area (Å²) in [6.45, 7) is 4.08. The van der Waals surface area contributed by atoms with Gasteiger partial charge in [0.25, 0.3) is 0 Å². The predicted octanol–water partition coefficient (Wildman–Crippen LogP) is 0.708. The van der Waals surface area contributed by atoms with Gasteiger partial charge in [-0.1, -0.05) is 0 Å². The zero-order valence-electron chi connectivity index (χ0n) is 8.24. The third-order valence-corrected chi connectivity index (χ3v) is 2.24. The third-order valence-electron chi connectivity index (χ3n) is 2.24. The van der Waals surface area contributed by atoms with E-state index in [1.54, 1.807) is 13.0 Å². The van der Waals surface area contributed by atoms with Gasteiger partial charge in [-0.25, -0.2) is 4.79 Å². The molecule has 0 aliphatic carbocycles. The highest BCUT2D eigenvalue weighted by Crippen LogP contribution is 2.24. The lowest BCUT2D eigenvalue weighted by molar-refractivity contribution is -0.138. The molecule has 0 aromatic heterocycles. The molecule has 0 saturated heterocycles. The number of ether oxygens (including phenoxy) is 2. The lowest BCUT2D eigenvalue weighted by Crippen LogP contribution is -2.29. The number of hydrogen-bond donors (Lipinski definition) is 1. The Kier molecular flexibility index (Phi) is 2.19. The van der Waals surface area contributed by atoms with Gasteiger partial charge in [-0.2, -0.15) is 0 Å². The maximum atomic E-state index is 11.3. The molecule has 2 rings (SSSR count). The summed E-state index contributed by atoms with van der Waals surface area (Å²) in [6.07, 6.45) is 3.69. The minimum Gasteiger partial charge on any atom is -0.489 e. The van der Waals surface area contributed by atoms with Gasteiger partial charge in [-0.15, -0.1) is 0 Å². The van der Waals surface area contributed by atoms with Crippen LogP contribution in [0, 0.1) is 0 Å². The molecule has 0 fully saturated rings. The van der Waals surface area contributed by atoms with Crippen molar-refractivity contribution in [1.29, 1.82) is 0 Å². The van der Waals surface area contributed by atoms with E-state index in [9.17, 15) is 4.79 Å². The number of carbonyl (C=O) groups is 1. The van der Waals surface area contributed by atoms with Gasteiger partial charge < -0.3 is 14.8 Å². The van der Waals surface area contributed by atoms with Crippen molar-refractivity contribution in [2.24, 2.45) is 0 Å². The van der Waals surface area contributed by atoms with Crippen LogP contribution in [0.25, 0.3) is 0 Å². The van der Waals surface area contributed by atoms with Crippen LogP contribution in [-0.4, -0.2) is 24.7 Å². The van der Waals surface area contributed by atoms with Crippen molar-refractivity contribution in [3.63, 3.8) is 0 Å². The fourth-order valence-electron chi connectivity index (χ4n) is 1.66. The smallest absolute Gasteiger partial charge is 0.354 e. The molecule has 1 N–H and O–H groups in total. The first-order valence-electron chi connectivity index (χ1n) is 4.71. The first-order chi connectivity index (χ1) is 6.70. The Morgan fingerprint density at radius 2 is 2.43 bits per heavy atom. The Bertz CT molecular complexity index is 319. The minimum atomic E-state index is -0.309. The van der Waals surface area contributed by atoms with Gasteiger partial charge in [0.15, 0.2) is 0 Å². The summed E-state index contributed by atoms with van der Waals surface area (Å²) in [5.74, 6) is 0.586. The Morgan fingerprint density at radius 1 is 1.64 bits per heavy atom. The van der Waals surface area contributed by atoms with Crippen LogP contribution in [0.1, 0.15) is 13.8 Å². The van der Waals surface area contributed by atoms with Crippen molar-refractivity contribution >= 4 is 5.97 Å². The Labute approximate surface area is 82.6 Å². The molecule has 0 spiro atoms. The quantitative estimate of drug-likeness (QED) is 0.659. The Balaban J connectivity index is 2.01. The van der Waals surface area contributed by atoms with Crippen LogP contribution in [0.15, 0.2) is 23.6 Å². The first-order valence-corrected chi connectivity index (χ1v) is 4.71. The molecule has 0 bridgehead atoms. The molecule has 2 unspecified atom stereocenters. The first kappa shape index (κ1) is 9.12. The average molecular weight is 195 g/mol. The van der Waals surface area contributed by atoms with E-state index in [1.807, 2.05) is 13.0 Å². The van der Waals surface area contributed by atoms with E-state index >= 15 is 0 Å². The topological polar surface area (TPSA) is 47.6 Å². The second kappa shape index (κ2) is 3.36. The van der Waals surface area contributed by atoms with Gasteiger partial charge in [0.1, 0.15) is 11.8 Å². The summed E-state index contributed by atoms with van der Waals surface area (Å²) in [6, 6.07) is 0.0920. The van der Waals surface area contributed by atoms with Crippen LogP contribution in [0.2, 0.25) is 0 Å². The summed E-state index contributed by atoms with van der Waals surface area (Å²) in [7, 11) is 0. The summed E-state index contributed by atoms with van der Waals surface area (Å²) in [4.78, 5) is 11.3. The number of allylic oxidation sites excluding steroid dienone is 1. The zero-order valence-corrected chi connectivity index (χ0v) is 8.24. The molecule has 0 radical (unpaired) electrons. The lowest BCUT2D eigenvalue weighted by Gasteiger charge is -2.08. The van der Waals surface area contributed by atoms with Gasteiger partial charge in [0, 0.05) is 0 Å². The minimum absolute atomic E-state index is 0.0468. The predicted molar refractivity (Wildman–Crippen MR) is 50.3 cm³/mol. The number of rotatable bonds is 2. The van der Waals surface area contributed by atoms with Crippen LogP contribution >= 0.6 is 0 Å². The lowest BCUT2D eigenvalue weighted by atomic mass is 10.2. The van der Waals surface area contributed by atoms with E-state index in [1.165, 1.54) is 0 Å². The van der Waals surface area contributed by atoms with Crippen molar-refractivity contribution < 1.29 is 14.3 Å². The highest BCUT2D eigenvalue weighted by atomic mass is 16.5. The highest BCUT2D eigenvalue weighted by molar-refractivity contribution is 5.88. The second-order valence-corrected chi connectivity index (χ2v) is 3.33. The van der Waals surface area contributed by atoms with Crippen LogP contribution in [0.3, 0.4) is 0 Å². The van der Waals surface area contributed by atoms with Gasteiger partial charge >= 0.3 is 5.97 Å². The molecular formula is C10H13NO3. The van der Waals surface area contributed by atoms with E-state index < -0.39 is 0 Å². The van der Waals surface area contributed by atoms with Crippen molar-refractivity contribution in [2.75, 3.05) is 6.61 Å². The average Bonchev–Trinajstić information content (AvgIpc) is 2.61. The van der Waals surface area contributed by atoms with Crippen molar-refractivity contribution in [3.8, 4) is 0 Å². The van der Waals surface area contributed by atoms with Crippen molar-refractivity contribution in [2.45, 2.75) is 26.0 Å². The van der Waals surface area contributed by atoms with Gasteiger partial charge in [0.2, 0.25) is 0 Å². The van der Waals surface area contributed by atoms with E-state index in [4.69, 9.17) is 9.47 Å². The number of nitrogens with one attached hydrogen (secondary N) is 1. The molecule has 4 nitrogen and oxygen atoms in total. The summed E-state index contributed by atoms with van der Waals surface area (Å²) in [5.41, 5.74) is 0.505. The molecule has 14 heavy (non-hydrogen) atoms. The Morgan fingerprint density at radius 3 is 3.07 bits per heavy atom. The SMILES string of the molecule is CCOC(=O)C1=CC2OC(C)=CC2N1. The highest BCUT2D eigenvalue weighted by Gasteiger charge is 2.34. The van der Waals surface area contributed by atoms with E-state index in [2.05, 4.69) is 5.32 Å². The number of esters is 1. The molecule has 2 atom stereocenters. The second-order valence-electron chi connectivity index (χ2n) is 3.33. The molecule has 0 aromatic carbocycles. The maximum absolute atomic E-state index is 11.3. The molecule has 0 amide bonds. The van der Waals surface area contributed by atoms with Crippen LogP contribution < -0.4 is 5.32 Å². The van der Waals surface area contributed by atoms with E-state index in [0.29, 0.717) is 12.3 Å². The fraction of sp³-hybridized carbons (Fsp3) is 0.500. The monoisotopic (exact) mass is 195 g/mol. The van der Waals surface area contributed by atoms with Crippen molar-refractivity contribution in [1.82, 2.24) is 5.32 Å². The summed E-state index contributed by atoms with van der Waals surface area (Å²) < 4.78 is 10.3. The summed E-state index contributed by atoms with van der Waals surface area (Å²) >= 11 is 0. The molecule has 2 heterocycles. The molecule has 4 heteroatoms. The van der Waals surface area contributed by atoms with Crippen LogP contribution in [0.4, 0.5) is 0 Å². The van der Waals surface area contributed by atoms with Crippen LogP contribution in [0.5, 0.6) is 0 Å². The molecule has 0 saturated carbocycles. The Hall–Kier alpha value is -1.45. The fourth-order valence-corrected chi connectivity index (χ4v) is 1.66. The van der Waals surface area contributed by atoms with E-state index in [-0.39, 0.29) is 18.1 Å². The summed E-state index contributed by atoms with van der Waals surface area (Å²) in [5, 5.41) is 3.05. The molecule has 2 aliphatic rings. The third kappa shape index (κ3) is 1.47. The zero-order chi connectivity index (χ0) is 10.1. The van der Waals surface area contributed by atoms with Gasteiger partial charge in [-0.3, -0.25) is 0 Å². The normalized spacial score (nSPS) is 28.4. The van der Waals surface area contributed by atoms with Gasteiger partial charge in [-0.05, 0) is 26.0 Å². The molecular weight excluding hydrogens is 182 g/mol. The van der Waals surface area contributed by atoms with E-state index in [0.717, 1.165) is 5.76 Å². The maximum Gasteiger partial charge on any atom is 0.354 e. The standard InChI is InChI=1S/C10H13NO3/c1-3-13-10(12)8-5-9-7(11-8)4-6(2)14-9/h4-5,7,9,11H,3H2,1-2H3. The van der Waals surface area contributed by atoms with Gasteiger partial charge in [0.05, 0.1) is 18.4 Å². The van der Waals surface area contributed by atoms with Crippen LogP contribution in [-0.2, 0) is 14.3 Å². The largest absolute Gasteiger partial charge is 0.489 e.